The van der Waals surface area contributed by atoms with Gasteiger partial charge in [-0.25, -0.2) is 4.79 Å². The monoisotopic (exact) mass is 242 g/mol. The molecule has 1 rings (SSSR count). The lowest BCUT2D eigenvalue weighted by molar-refractivity contribution is 0.190. The zero-order chi connectivity index (χ0) is 13.0. The van der Waals surface area contributed by atoms with Crippen LogP contribution in [0.4, 0.5) is 11.5 Å². The number of aromatic amines is 1. The Labute approximate surface area is 98.6 Å². The van der Waals surface area contributed by atoms with Gasteiger partial charge in [-0.2, -0.15) is 0 Å². The fraction of sp³-hybridized carbons (Fsp3) is 0.600. The lowest BCUT2D eigenvalue weighted by Crippen LogP contribution is -2.35. The molecule has 7 nitrogen and oxygen atoms in total. The molecule has 1 aromatic heterocycles. The van der Waals surface area contributed by atoms with Crippen LogP contribution in [-0.4, -0.2) is 29.3 Å². The van der Waals surface area contributed by atoms with Gasteiger partial charge in [0, 0.05) is 19.7 Å². The first-order valence-electron chi connectivity index (χ1n) is 5.39. The second-order valence-corrected chi connectivity index (χ2v) is 3.76. The minimum atomic E-state index is -0.514. The average Bonchev–Trinajstić information content (AvgIpc) is 2.25. The molecule has 1 aromatic rings. The van der Waals surface area contributed by atoms with E-state index >= 15 is 0 Å². The highest BCUT2D eigenvalue weighted by Gasteiger charge is 2.13. The van der Waals surface area contributed by atoms with Crippen molar-refractivity contribution in [2.75, 3.05) is 24.8 Å². The SMILES string of the molecule is CCn1c(N)c(NC(C)COC)c(=O)[nH]c1=O. The van der Waals surface area contributed by atoms with Crippen molar-refractivity contribution in [3.63, 3.8) is 0 Å². The predicted octanol–water partition coefficient (Wildman–Crippen LogP) is -0.414. The number of hydrogen-bond acceptors (Lipinski definition) is 5. The number of nitrogens with two attached hydrogens (primary N) is 1. The number of nitrogen functional groups attached to an aromatic ring is 1. The molecule has 96 valence electrons. The second-order valence-electron chi connectivity index (χ2n) is 3.76. The van der Waals surface area contributed by atoms with Gasteiger partial charge in [-0.15, -0.1) is 0 Å². The topological polar surface area (TPSA) is 102 Å². The quantitative estimate of drug-likeness (QED) is 0.651. The van der Waals surface area contributed by atoms with Gasteiger partial charge in [0.1, 0.15) is 11.5 Å². The zero-order valence-corrected chi connectivity index (χ0v) is 10.2. The van der Waals surface area contributed by atoms with Gasteiger partial charge in [0.25, 0.3) is 5.56 Å². The summed E-state index contributed by atoms with van der Waals surface area (Å²) in [6.07, 6.45) is 0. The van der Waals surface area contributed by atoms with Crippen LogP contribution in [0.3, 0.4) is 0 Å². The van der Waals surface area contributed by atoms with Crippen LogP contribution in [-0.2, 0) is 11.3 Å². The van der Waals surface area contributed by atoms with Crippen molar-refractivity contribution in [2.24, 2.45) is 0 Å². The third-order valence-corrected chi connectivity index (χ3v) is 2.36. The van der Waals surface area contributed by atoms with E-state index in [0.717, 1.165) is 0 Å². The summed E-state index contributed by atoms with van der Waals surface area (Å²) < 4.78 is 6.25. The first-order valence-corrected chi connectivity index (χ1v) is 5.39. The zero-order valence-electron chi connectivity index (χ0n) is 10.2. The number of aromatic nitrogens is 2. The molecule has 17 heavy (non-hydrogen) atoms. The molecule has 1 heterocycles. The summed E-state index contributed by atoms with van der Waals surface area (Å²) >= 11 is 0. The molecule has 0 fully saturated rings. The summed E-state index contributed by atoms with van der Waals surface area (Å²) in [6, 6.07) is -0.0776. The summed E-state index contributed by atoms with van der Waals surface area (Å²) in [7, 11) is 1.57. The van der Waals surface area contributed by atoms with Crippen molar-refractivity contribution in [2.45, 2.75) is 26.4 Å². The Morgan fingerprint density at radius 1 is 1.53 bits per heavy atom. The molecule has 4 N–H and O–H groups in total. The first-order chi connectivity index (χ1) is 8.01. The smallest absolute Gasteiger partial charge is 0.330 e. The van der Waals surface area contributed by atoms with Crippen LogP contribution in [0.25, 0.3) is 0 Å². The normalized spacial score (nSPS) is 12.4. The van der Waals surface area contributed by atoms with E-state index < -0.39 is 11.2 Å². The molecule has 0 saturated carbocycles. The van der Waals surface area contributed by atoms with Crippen molar-refractivity contribution in [3.8, 4) is 0 Å². The van der Waals surface area contributed by atoms with Crippen LogP contribution in [0.2, 0.25) is 0 Å². The predicted molar refractivity (Wildman–Crippen MR) is 66.4 cm³/mol. The van der Waals surface area contributed by atoms with E-state index in [2.05, 4.69) is 10.3 Å². The Morgan fingerprint density at radius 2 is 2.18 bits per heavy atom. The molecular weight excluding hydrogens is 224 g/mol. The highest BCUT2D eigenvalue weighted by Crippen LogP contribution is 2.10. The molecular formula is C10H18N4O3. The van der Waals surface area contributed by atoms with Crippen LogP contribution in [0.5, 0.6) is 0 Å². The van der Waals surface area contributed by atoms with E-state index in [4.69, 9.17) is 10.5 Å². The van der Waals surface area contributed by atoms with Gasteiger partial charge in [0.15, 0.2) is 0 Å². The van der Waals surface area contributed by atoms with Crippen molar-refractivity contribution in [3.05, 3.63) is 20.8 Å². The minimum Gasteiger partial charge on any atom is -0.383 e. The summed E-state index contributed by atoms with van der Waals surface area (Å²) in [4.78, 5) is 25.3. The number of ether oxygens (including phenoxy) is 1. The Morgan fingerprint density at radius 3 is 2.71 bits per heavy atom. The number of rotatable bonds is 5. The summed E-state index contributed by atoms with van der Waals surface area (Å²) in [5.74, 6) is 0.143. The third kappa shape index (κ3) is 2.88. The van der Waals surface area contributed by atoms with Gasteiger partial charge < -0.3 is 15.8 Å². The van der Waals surface area contributed by atoms with Gasteiger partial charge in [-0.1, -0.05) is 0 Å². The maximum Gasteiger partial charge on any atom is 0.330 e. The van der Waals surface area contributed by atoms with Crippen molar-refractivity contribution in [1.29, 1.82) is 0 Å². The molecule has 0 radical (unpaired) electrons. The van der Waals surface area contributed by atoms with E-state index in [1.165, 1.54) is 4.57 Å². The van der Waals surface area contributed by atoms with Gasteiger partial charge in [-0.05, 0) is 13.8 Å². The molecule has 0 amide bonds. The highest BCUT2D eigenvalue weighted by atomic mass is 16.5. The van der Waals surface area contributed by atoms with Gasteiger partial charge in [0.05, 0.1) is 6.61 Å². The molecule has 1 atom stereocenters. The Kier molecular flexibility index (Phi) is 4.33. The lowest BCUT2D eigenvalue weighted by Gasteiger charge is -2.16. The van der Waals surface area contributed by atoms with Crippen LogP contribution in [0.1, 0.15) is 13.8 Å². The van der Waals surface area contributed by atoms with E-state index in [1.807, 2.05) is 6.92 Å². The number of H-pyrrole nitrogens is 1. The minimum absolute atomic E-state index is 0.0776. The fourth-order valence-corrected chi connectivity index (χ4v) is 1.58. The fourth-order valence-electron chi connectivity index (χ4n) is 1.58. The van der Waals surface area contributed by atoms with Crippen LogP contribution in [0, 0.1) is 0 Å². The van der Waals surface area contributed by atoms with Crippen molar-refractivity contribution >= 4 is 11.5 Å². The summed E-state index contributed by atoms with van der Waals surface area (Å²) in [5, 5.41) is 2.93. The van der Waals surface area contributed by atoms with Crippen LogP contribution < -0.4 is 22.3 Å². The van der Waals surface area contributed by atoms with Crippen molar-refractivity contribution in [1.82, 2.24) is 9.55 Å². The number of hydrogen-bond donors (Lipinski definition) is 3. The highest BCUT2D eigenvalue weighted by molar-refractivity contribution is 5.60. The van der Waals surface area contributed by atoms with E-state index in [-0.39, 0.29) is 17.5 Å². The number of nitrogens with zero attached hydrogens (tertiary/aromatic N) is 1. The molecule has 0 saturated heterocycles. The molecule has 1 unspecified atom stereocenters. The Hall–Kier alpha value is -1.76. The van der Waals surface area contributed by atoms with Gasteiger partial charge >= 0.3 is 5.69 Å². The lowest BCUT2D eigenvalue weighted by atomic mass is 10.3. The maximum atomic E-state index is 11.6. The molecule has 0 aliphatic rings. The number of nitrogens with one attached hydrogen (secondary N) is 2. The Bertz CT molecular complexity index is 491. The largest absolute Gasteiger partial charge is 0.383 e. The van der Waals surface area contributed by atoms with Gasteiger partial charge in [-0.3, -0.25) is 14.3 Å². The van der Waals surface area contributed by atoms with E-state index in [0.29, 0.717) is 13.2 Å². The third-order valence-electron chi connectivity index (χ3n) is 2.36. The van der Waals surface area contributed by atoms with Crippen LogP contribution in [0.15, 0.2) is 9.59 Å². The number of methoxy groups -OCH3 is 1. The molecule has 0 aromatic carbocycles. The van der Waals surface area contributed by atoms with Gasteiger partial charge in [0.2, 0.25) is 0 Å². The standard InChI is InChI=1S/C10H18N4O3/c1-4-14-8(11)7(9(15)13-10(14)16)12-6(2)5-17-3/h6,12H,4-5,11H2,1-3H3,(H,13,15,16). The number of anilines is 2. The average molecular weight is 242 g/mol. The van der Waals surface area contributed by atoms with Crippen molar-refractivity contribution < 1.29 is 4.74 Å². The molecule has 0 spiro atoms. The summed E-state index contributed by atoms with van der Waals surface area (Å²) in [6.45, 7) is 4.46. The molecule has 7 heteroatoms. The molecule has 0 aliphatic carbocycles. The van der Waals surface area contributed by atoms with E-state index in [9.17, 15) is 9.59 Å². The molecule has 0 bridgehead atoms. The Balaban J connectivity index is 3.16. The summed E-state index contributed by atoms with van der Waals surface area (Å²) in [5.41, 5.74) is 4.97. The van der Waals surface area contributed by atoms with Crippen LogP contribution >= 0.6 is 0 Å². The molecule has 0 aliphatic heterocycles. The first kappa shape index (κ1) is 13.3. The van der Waals surface area contributed by atoms with E-state index in [1.54, 1.807) is 14.0 Å². The second kappa shape index (κ2) is 5.53. The maximum absolute atomic E-state index is 11.6.